The molecule has 1 heterocycles. The maximum absolute atomic E-state index is 12.6. The number of rotatable bonds is 6. The molecule has 0 fully saturated rings. The zero-order chi connectivity index (χ0) is 16.9. The van der Waals surface area contributed by atoms with Gasteiger partial charge in [0.1, 0.15) is 0 Å². The Kier molecular flexibility index (Phi) is 6.36. The van der Waals surface area contributed by atoms with Gasteiger partial charge in [-0.2, -0.15) is 0 Å². The van der Waals surface area contributed by atoms with E-state index in [1.807, 2.05) is 13.8 Å². The smallest absolute Gasteiger partial charge is 0.370 e. The Hall–Kier alpha value is -2.09. The lowest BCUT2D eigenvalue weighted by Gasteiger charge is -2.36. The van der Waals surface area contributed by atoms with E-state index in [2.05, 4.69) is 5.32 Å². The number of carbonyl (C=O) groups is 3. The van der Waals surface area contributed by atoms with Crippen molar-refractivity contribution in [2.45, 2.75) is 45.4 Å². The number of nitrogens with zero attached hydrogens (tertiary/aromatic N) is 1. The van der Waals surface area contributed by atoms with Crippen molar-refractivity contribution in [1.29, 1.82) is 0 Å². The van der Waals surface area contributed by atoms with Crippen LogP contribution in [0.25, 0.3) is 0 Å². The molecule has 4 N–H and O–H groups in total. The molecule has 22 heavy (non-hydrogen) atoms. The van der Waals surface area contributed by atoms with E-state index >= 15 is 0 Å². The fraction of sp³-hybridized carbons (Fsp3) is 0.643. The van der Waals surface area contributed by atoms with Gasteiger partial charge in [0.25, 0.3) is 5.91 Å². The Morgan fingerprint density at radius 1 is 1.41 bits per heavy atom. The summed E-state index contributed by atoms with van der Waals surface area (Å²) in [7, 11) is 0. The van der Waals surface area contributed by atoms with E-state index in [4.69, 9.17) is 15.6 Å². The van der Waals surface area contributed by atoms with Gasteiger partial charge in [-0.1, -0.05) is 6.92 Å². The number of carboxylic acids is 1. The summed E-state index contributed by atoms with van der Waals surface area (Å²) in [6.45, 7) is 6.02. The van der Waals surface area contributed by atoms with Crippen LogP contribution in [-0.2, 0) is 19.1 Å². The molecule has 1 aliphatic rings. The molecule has 0 bridgehead atoms. The Labute approximate surface area is 129 Å². The van der Waals surface area contributed by atoms with Crippen LogP contribution in [0.3, 0.4) is 0 Å². The van der Waals surface area contributed by atoms with Crippen molar-refractivity contribution in [2.24, 2.45) is 5.73 Å². The van der Waals surface area contributed by atoms with Gasteiger partial charge in [-0.15, -0.1) is 0 Å². The predicted octanol–water partition coefficient (Wildman–Crippen LogP) is -0.556. The van der Waals surface area contributed by atoms with E-state index in [0.717, 1.165) is 6.42 Å². The van der Waals surface area contributed by atoms with Gasteiger partial charge in [0.15, 0.2) is 6.10 Å². The molecule has 0 spiro atoms. The first-order valence-corrected chi connectivity index (χ1v) is 7.25. The molecule has 1 rings (SSSR count). The van der Waals surface area contributed by atoms with Gasteiger partial charge < -0.3 is 25.8 Å². The van der Waals surface area contributed by atoms with Crippen LogP contribution in [0.4, 0.5) is 0 Å². The number of nitrogens with one attached hydrogen (secondary N) is 1. The SMILES string of the molecule is CCCN(CC)C(=O)[C@@H]1OC(C(=O)O)=CC(N)[C@H]1NC(C)=O. The summed E-state index contributed by atoms with van der Waals surface area (Å²) in [5.41, 5.74) is 5.89. The lowest BCUT2D eigenvalue weighted by Crippen LogP contribution is -2.61. The molecule has 0 aliphatic carbocycles. The van der Waals surface area contributed by atoms with E-state index in [1.165, 1.54) is 13.0 Å². The number of likely N-dealkylation sites (N-methyl/N-ethyl adjacent to an activating group) is 1. The molecule has 0 saturated heterocycles. The molecule has 2 amide bonds. The van der Waals surface area contributed by atoms with Crippen molar-refractivity contribution in [2.75, 3.05) is 13.1 Å². The van der Waals surface area contributed by atoms with Gasteiger partial charge in [0.2, 0.25) is 11.7 Å². The molecule has 8 nitrogen and oxygen atoms in total. The monoisotopic (exact) mass is 313 g/mol. The third-order valence-electron chi connectivity index (χ3n) is 3.35. The standard InChI is InChI=1S/C14H23N3O5/c1-4-6-17(5-2)13(19)12-11(16-8(3)18)9(15)7-10(22-12)14(20)21/h7,9,11-12H,4-6,15H2,1-3H3,(H,16,18)(H,20,21)/t9?,11-,12-/m1/s1. The molecule has 1 unspecified atom stereocenters. The number of aliphatic carboxylic acids is 1. The van der Waals surface area contributed by atoms with Crippen LogP contribution < -0.4 is 11.1 Å². The van der Waals surface area contributed by atoms with Crippen molar-refractivity contribution in [3.63, 3.8) is 0 Å². The summed E-state index contributed by atoms with van der Waals surface area (Å²) in [5, 5.41) is 11.6. The number of ether oxygens (including phenoxy) is 1. The van der Waals surface area contributed by atoms with E-state index in [-0.39, 0.29) is 17.6 Å². The highest BCUT2D eigenvalue weighted by molar-refractivity contribution is 5.88. The molecule has 0 radical (unpaired) electrons. The summed E-state index contributed by atoms with van der Waals surface area (Å²) >= 11 is 0. The minimum absolute atomic E-state index is 0.368. The first-order valence-electron chi connectivity index (χ1n) is 7.25. The number of hydrogen-bond donors (Lipinski definition) is 3. The zero-order valence-corrected chi connectivity index (χ0v) is 13.0. The molecule has 0 aromatic carbocycles. The Bertz CT molecular complexity index is 477. The van der Waals surface area contributed by atoms with Crippen molar-refractivity contribution >= 4 is 17.8 Å². The maximum Gasteiger partial charge on any atom is 0.370 e. The second kappa shape index (κ2) is 7.79. The van der Waals surface area contributed by atoms with Crippen molar-refractivity contribution in [3.05, 3.63) is 11.8 Å². The largest absolute Gasteiger partial charge is 0.475 e. The van der Waals surface area contributed by atoms with Crippen LogP contribution in [0.15, 0.2) is 11.8 Å². The predicted molar refractivity (Wildman–Crippen MR) is 78.7 cm³/mol. The van der Waals surface area contributed by atoms with Gasteiger partial charge in [-0.3, -0.25) is 9.59 Å². The van der Waals surface area contributed by atoms with Gasteiger partial charge >= 0.3 is 5.97 Å². The lowest BCUT2D eigenvalue weighted by molar-refractivity contribution is -0.149. The number of amides is 2. The van der Waals surface area contributed by atoms with Crippen molar-refractivity contribution in [3.8, 4) is 0 Å². The second-order valence-electron chi connectivity index (χ2n) is 5.10. The van der Waals surface area contributed by atoms with Crippen LogP contribution in [0, 0.1) is 0 Å². The van der Waals surface area contributed by atoms with E-state index in [1.54, 1.807) is 4.90 Å². The van der Waals surface area contributed by atoms with Crippen LogP contribution in [0.2, 0.25) is 0 Å². The summed E-state index contributed by atoms with van der Waals surface area (Å²) in [6, 6.07) is -1.63. The fourth-order valence-corrected chi connectivity index (χ4v) is 2.34. The third-order valence-corrected chi connectivity index (χ3v) is 3.35. The molecular formula is C14H23N3O5. The minimum Gasteiger partial charge on any atom is -0.475 e. The topological polar surface area (TPSA) is 122 Å². The van der Waals surface area contributed by atoms with E-state index in [0.29, 0.717) is 13.1 Å². The molecule has 124 valence electrons. The first kappa shape index (κ1) is 18.0. The van der Waals surface area contributed by atoms with Crippen LogP contribution in [0.1, 0.15) is 27.2 Å². The summed E-state index contributed by atoms with van der Waals surface area (Å²) in [6.07, 6.45) is 0.801. The zero-order valence-electron chi connectivity index (χ0n) is 13.0. The van der Waals surface area contributed by atoms with Crippen molar-refractivity contribution in [1.82, 2.24) is 10.2 Å². The summed E-state index contributed by atoms with van der Waals surface area (Å²) in [4.78, 5) is 36.6. The highest BCUT2D eigenvalue weighted by Crippen LogP contribution is 2.20. The summed E-state index contributed by atoms with van der Waals surface area (Å²) < 4.78 is 5.30. The number of nitrogens with two attached hydrogens (primary N) is 1. The van der Waals surface area contributed by atoms with Crippen LogP contribution >= 0.6 is 0 Å². The minimum atomic E-state index is -1.30. The van der Waals surface area contributed by atoms with Gasteiger partial charge in [0.05, 0.1) is 12.1 Å². The van der Waals surface area contributed by atoms with E-state index < -0.39 is 24.2 Å². The molecule has 3 atom stereocenters. The first-order chi connectivity index (χ1) is 10.3. The van der Waals surface area contributed by atoms with Gasteiger partial charge in [0, 0.05) is 20.0 Å². The average Bonchev–Trinajstić information content (AvgIpc) is 2.45. The maximum atomic E-state index is 12.6. The van der Waals surface area contributed by atoms with Crippen LogP contribution in [0.5, 0.6) is 0 Å². The molecule has 0 aromatic heterocycles. The average molecular weight is 313 g/mol. The van der Waals surface area contributed by atoms with Gasteiger partial charge in [-0.25, -0.2) is 4.79 Å². The number of carboxylic acid groups (broad SMARTS) is 1. The van der Waals surface area contributed by atoms with E-state index in [9.17, 15) is 14.4 Å². The molecule has 8 heteroatoms. The second-order valence-corrected chi connectivity index (χ2v) is 5.10. The normalized spacial score (nSPS) is 24.0. The quantitative estimate of drug-likeness (QED) is 0.604. The molecule has 1 aliphatic heterocycles. The number of carbonyl (C=O) groups excluding carboxylic acids is 2. The molecule has 0 saturated carbocycles. The lowest BCUT2D eigenvalue weighted by atomic mass is 9.97. The highest BCUT2D eigenvalue weighted by Gasteiger charge is 2.41. The fourth-order valence-electron chi connectivity index (χ4n) is 2.34. The Morgan fingerprint density at radius 2 is 2.05 bits per heavy atom. The number of hydrogen-bond acceptors (Lipinski definition) is 5. The van der Waals surface area contributed by atoms with Crippen molar-refractivity contribution < 1.29 is 24.2 Å². The van der Waals surface area contributed by atoms with Crippen LogP contribution in [-0.4, -0.2) is 59.1 Å². The molecular weight excluding hydrogens is 290 g/mol. The Morgan fingerprint density at radius 3 is 2.50 bits per heavy atom. The van der Waals surface area contributed by atoms with Gasteiger partial charge in [-0.05, 0) is 19.4 Å². The third kappa shape index (κ3) is 4.20. The summed E-state index contributed by atoms with van der Waals surface area (Å²) in [5.74, 6) is -2.42. The highest BCUT2D eigenvalue weighted by atomic mass is 16.5. The Balaban J connectivity index is 3.08. The molecule has 0 aromatic rings.